The molecule has 12 nitrogen and oxygen atoms in total. The fourth-order valence-electron chi connectivity index (χ4n) is 2.93. The van der Waals surface area contributed by atoms with Gasteiger partial charge in [0, 0.05) is 51.1 Å². The van der Waals surface area contributed by atoms with Crippen molar-refractivity contribution in [2.75, 3.05) is 31.2 Å². The third-order valence-electron chi connectivity index (χ3n) is 4.67. The van der Waals surface area contributed by atoms with Crippen molar-refractivity contribution in [1.29, 1.82) is 0 Å². The lowest BCUT2D eigenvalue weighted by molar-refractivity contribution is -0.137. The molecule has 0 unspecified atom stereocenters. The molecule has 3 amide bonds. The number of nitrogens with zero attached hydrogens (tertiary/aromatic N) is 3. The number of hydrogen-bond acceptors (Lipinski definition) is 10. The topological polar surface area (TPSA) is 199 Å². The monoisotopic (exact) mass is 446 g/mol. The largest absolute Gasteiger partial charge is 0.396 e. The highest BCUT2D eigenvalue weighted by Crippen LogP contribution is 2.16. The van der Waals surface area contributed by atoms with E-state index in [4.69, 9.17) is 16.6 Å². The number of unbranched alkanes of at least 4 members (excludes halogenated alkanes) is 1. The van der Waals surface area contributed by atoms with Gasteiger partial charge in [0.1, 0.15) is 5.78 Å². The SMILES string of the molecule is Nc1nc(C(=O)NCCCC(=O)CCN2C(=O)C=CC2=O)c(N)nc1C(=O)CCCCO. The number of amides is 3. The lowest BCUT2D eigenvalue weighted by Gasteiger charge is -2.12. The molecule has 6 N–H and O–H groups in total. The van der Waals surface area contributed by atoms with Crippen LogP contribution in [0.1, 0.15) is 59.5 Å². The molecule has 0 radical (unpaired) electrons. The van der Waals surface area contributed by atoms with Gasteiger partial charge in [-0.1, -0.05) is 0 Å². The second-order valence-electron chi connectivity index (χ2n) is 7.10. The highest BCUT2D eigenvalue weighted by Gasteiger charge is 2.23. The Bertz CT molecular complexity index is 927. The van der Waals surface area contributed by atoms with Crippen LogP contribution in [-0.4, -0.2) is 69.0 Å². The summed E-state index contributed by atoms with van der Waals surface area (Å²) in [5, 5.41) is 11.3. The number of Topliss-reactive ketones (excluding diaryl/α,β-unsaturated/α-hetero) is 2. The Kier molecular flexibility index (Phi) is 8.95. The summed E-state index contributed by atoms with van der Waals surface area (Å²) in [7, 11) is 0. The summed E-state index contributed by atoms with van der Waals surface area (Å²) in [5.74, 6) is -2.52. The lowest BCUT2D eigenvalue weighted by Crippen LogP contribution is -2.32. The predicted molar refractivity (Wildman–Crippen MR) is 113 cm³/mol. The molecule has 0 saturated carbocycles. The first-order valence-corrected chi connectivity index (χ1v) is 10.1. The number of anilines is 2. The zero-order chi connectivity index (χ0) is 23.7. The number of hydrogen-bond donors (Lipinski definition) is 4. The third-order valence-corrected chi connectivity index (χ3v) is 4.67. The van der Waals surface area contributed by atoms with Crippen LogP contribution in [0.15, 0.2) is 12.2 Å². The molecule has 0 aliphatic carbocycles. The molecule has 1 aliphatic heterocycles. The summed E-state index contributed by atoms with van der Waals surface area (Å²) in [4.78, 5) is 68.0. The van der Waals surface area contributed by atoms with Crippen molar-refractivity contribution < 1.29 is 29.1 Å². The Morgan fingerprint density at radius 3 is 2.19 bits per heavy atom. The molecule has 12 heteroatoms. The molecule has 2 rings (SSSR count). The van der Waals surface area contributed by atoms with Crippen LogP contribution in [0.4, 0.5) is 11.6 Å². The van der Waals surface area contributed by atoms with Crippen molar-refractivity contribution in [2.45, 2.75) is 38.5 Å². The minimum absolute atomic E-state index is 0.0202. The second kappa shape index (κ2) is 11.6. The number of nitrogens with two attached hydrogens (primary N) is 2. The van der Waals surface area contributed by atoms with Crippen LogP contribution in [0, 0.1) is 0 Å². The molecule has 0 fully saturated rings. The molecule has 0 bridgehead atoms. The predicted octanol–water partition coefficient (Wildman–Crippen LogP) is -0.619. The van der Waals surface area contributed by atoms with Crippen molar-refractivity contribution in [2.24, 2.45) is 0 Å². The van der Waals surface area contributed by atoms with E-state index in [2.05, 4.69) is 15.3 Å². The maximum Gasteiger partial charge on any atom is 0.273 e. The smallest absolute Gasteiger partial charge is 0.273 e. The number of imide groups is 1. The van der Waals surface area contributed by atoms with E-state index in [0.717, 1.165) is 17.1 Å². The van der Waals surface area contributed by atoms with E-state index in [1.165, 1.54) is 0 Å². The van der Waals surface area contributed by atoms with Crippen molar-refractivity contribution in [3.63, 3.8) is 0 Å². The van der Waals surface area contributed by atoms with Crippen molar-refractivity contribution in [3.05, 3.63) is 23.5 Å². The molecule has 0 saturated heterocycles. The van der Waals surface area contributed by atoms with Crippen LogP contribution in [0.25, 0.3) is 0 Å². The average Bonchev–Trinajstić information content (AvgIpc) is 3.08. The Balaban J connectivity index is 1.78. The molecule has 1 aromatic heterocycles. The molecule has 172 valence electrons. The molecule has 0 spiro atoms. The van der Waals surface area contributed by atoms with Gasteiger partial charge in [-0.2, -0.15) is 0 Å². The summed E-state index contributed by atoms with van der Waals surface area (Å²) in [6.07, 6.45) is 3.86. The van der Waals surface area contributed by atoms with Crippen molar-refractivity contribution in [1.82, 2.24) is 20.2 Å². The summed E-state index contributed by atoms with van der Waals surface area (Å²) >= 11 is 0. The Hall–Kier alpha value is -3.67. The van der Waals surface area contributed by atoms with Crippen LogP contribution in [0.5, 0.6) is 0 Å². The van der Waals surface area contributed by atoms with Gasteiger partial charge in [0.2, 0.25) is 0 Å². The highest BCUT2D eigenvalue weighted by molar-refractivity contribution is 6.13. The van der Waals surface area contributed by atoms with Gasteiger partial charge < -0.3 is 21.9 Å². The number of ketones is 2. The maximum atomic E-state index is 12.3. The molecule has 0 atom stereocenters. The Morgan fingerprint density at radius 1 is 0.906 bits per heavy atom. The standard InChI is InChI=1S/C20H26N6O6/c21-18-16(13(29)5-1-2-11-27)24-19(22)17(25-18)20(32)23-9-3-4-12(28)8-10-26-14(30)6-7-15(26)31/h6-7,27H,1-5,8-11H2,(H2,21,25)(H2,22,24)(H,23,32). The van der Waals surface area contributed by atoms with Gasteiger partial charge in [0.05, 0.1) is 0 Å². The van der Waals surface area contributed by atoms with Crippen molar-refractivity contribution >= 4 is 40.9 Å². The molecule has 1 aromatic rings. The maximum absolute atomic E-state index is 12.3. The lowest BCUT2D eigenvalue weighted by atomic mass is 10.1. The van der Waals surface area contributed by atoms with Crippen LogP contribution in [0.2, 0.25) is 0 Å². The average molecular weight is 446 g/mol. The number of nitrogens with one attached hydrogen (secondary N) is 1. The minimum atomic E-state index is -0.646. The van der Waals surface area contributed by atoms with Gasteiger partial charge >= 0.3 is 0 Å². The van der Waals surface area contributed by atoms with E-state index in [1.54, 1.807) is 0 Å². The van der Waals surface area contributed by atoms with Crippen LogP contribution in [0.3, 0.4) is 0 Å². The molecule has 2 heterocycles. The highest BCUT2D eigenvalue weighted by atomic mass is 16.3. The van der Waals surface area contributed by atoms with Gasteiger partial charge in [-0.25, -0.2) is 9.97 Å². The number of aliphatic hydroxyl groups excluding tert-OH is 1. The normalized spacial score (nSPS) is 13.0. The fourth-order valence-corrected chi connectivity index (χ4v) is 2.93. The number of carbonyl (C=O) groups excluding carboxylic acids is 5. The summed E-state index contributed by atoms with van der Waals surface area (Å²) in [6, 6.07) is 0. The van der Waals surface area contributed by atoms with Crippen LogP contribution in [-0.2, 0) is 14.4 Å². The Morgan fingerprint density at radius 2 is 1.53 bits per heavy atom. The van der Waals surface area contributed by atoms with E-state index >= 15 is 0 Å². The first-order valence-electron chi connectivity index (χ1n) is 10.1. The van der Waals surface area contributed by atoms with E-state index < -0.39 is 17.7 Å². The number of rotatable bonds is 13. The first-order chi connectivity index (χ1) is 15.2. The van der Waals surface area contributed by atoms with Crippen molar-refractivity contribution in [3.8, 4) is 0 Å². The second-order valence-corrected chi connectivity index (χ2v) is 7.10. The number of nitrogen functional groups attached to an aromatic ring is 2. The zero-order valence-corrected chi connectivity index (χ0v) is 17.5. The van der Waals surface area contributed by atoms with Gasteiger partial charge in [-0.15, -0.1) is 0 Å². The summed E-state index contributed by atoms with van der Waals surface area (Å²) in [6.45, 7) is 0.138. The van der Waals surface area contributed by atoms with E-state index in [9.17, 15) is 24.0 Å². The van der Waals surface area contributed by atoms with E-state index in [0.29, 0.717) is 19.3 Å². The van der Waals surface area contributed by atoms with Gasteiger partial charge in [0.25, 0.3) is 17.7 Å². The summed E-state index contributed by atoms with van der Waals surface area (Å²) < 4.78 is 0. The van der Waals surface area contributed by atoms with Crippen LogP contribution < -0.4 is 16.8 Å². The number of carbonyl (C=O) groups is 5. The zero-order valence-electron chi connectivity index (χ0n) is 17.5. The summed E-state index contributed by atoms with van der Waals surface area (Å²) in [5.41, 5.74) is 11.2. The molecule has 1 aliphatic rings. The van der Waals surface area contributed by atoms with Gasteiger partial charge in [-0.3, -0.25) is 28.9 Å². The third kappa shape index (κ3) is 6.67. The molecular weight excluding hydrogens is 420 g/mol. The quantitative estimate of drug-likeness (QED) is 0.172. The van der Waals surface area contributed by atoms with E-state index in [-0.39, 0.29) is 73.5 Å². The number of aliphatic hydroxyl groups is 1. The van der Waals surface area contributed by atoms with Gasteiger partial charge in [0.15, 0.2) is 28.8 Å². The van der Waals surface area contributed by atoms with E-state index in [1.807, 2.05) is 0 Å². The number of aromatic nitrogens is 2. The first kappa shape index (κ1) is 24.6. The minimum Gasteiger partial charge on any atom is -0.396 e. The molecule has 0 aromatic carbocycles. The fraction of sp³-hybridized carbons (Fsp3) is 0.450. The molecule has 32 heavy (non-hydrogen) atoms. The molecular formula is C20H26N6O6. The Labute approximate surface area is 184 Å². The van der Waals surface area contributed by atoms with Crippen LogP contribution >= 0.6 is 0 Å². The van der Waals surface area contributed by atoms with Gasteiger partial charge in [-0.05, 0) is 19.3 Å².